The third-order valence-corrected chi connectivity index (χ3v) is 5.43. The average molecular weight is 375 g/mol. The van der Waals surface area contributed by atoms with Crippen LogP contribution in [0.2, 0.25) is 0 Å². The summed E-state index contributed by atoms with van der Waals surface area (Å²) in [5.41, 5.74) is 2.74. The summed E-state index contributed by atoms with van der Waals surface area (Å²) in [4.78, 5) is 12.3. The Morgan fingerprint density at radius 1 is 1.08 bits per heavy atom. The first-order valence-electron chi connectivity index (χ1n) is 8.69. The topological polar surface area (TPSA) is 66.5 Å². The zero-order valence-electron chi connectivity index (χ0n) is 15.5. The van der Waals surface area contributed by atoms with Gasteiger partial charge in [-0.2, -0.15) is 0 Å². The molecule has 6 heteroatoms. The lowest BCUT2D eigenvalue weighted by Crippen LogP contribution is -2.41. The van der Waals surface area contributed by atoms with Crippen LogP contribution in [-0.2, 0) is 21.2 Å². The van der Waals surface area contributed by atoms with Crippen LogP contribution in [0.15, 0.2) is 54.6 Å². The first-order chi connectivity index (χ1) is 12.3. The van der Waals surface area contributed by atoms with Crippen molar-refractivity contribution in [1.82, 2.24) is 5.32 Å². The first-order valence-corrected chi connectivity index (χ1v) is 10.5. The van der Waals surface area contributed by atoms with Crippen molar-refractivity contribution in [2.45, 2.75) is 26.2 Å². The molecule has 0 unspecified atom stereocenters. The van der Waals surface area contributed by atoms with Crippen molar-refractivity contribution in [3.63, 3.8) is 0 Å². The maximum Gasteiger partial charge on any atom is 0.240 e. The van der Waals surface area contributed by atoms with E-state index in [-0.39, 0.29) is 18.4 Å². The van der Waals surface area contributed by atoms with Crippen molar-refractivity contribution in [3.8, 4) is 0 Å². The number of hydrogen-bond donors (Lipinski definition) is 1. The number of rotatable bonds is 8. The fourth-order valence-corrected chi connectivity index (χ4v) is 3.51. The van der Waals surface area contributed by atoms with E-state index in [1.165, 1.54) is 0 Å². The van der Waals surface area contributed by atoms with Gasteiger partial charge in [0.2, 0.25) is 15.9 Å². The van der Waals surface area contributed by atoms with Gasteiger partial charge in [0.25, 0.3) is 0 Å². The maximum atomic E-state index is 12.3. The Bertz CT molecular complexity index is 818. The van der Waals surface area contributed by atoms with Gasteiger partial charge in [0.1, 0.15) is 6.54 Å². The Hall–Kier alpha value is -2.34. The molecule has 26 heavy (non-hydrogen) atoms. The van der Waals surface area contributed by atoms with Crippen LogP contribution in [0.1, 0.15) is 30.9 Å². The molecule has 0 radical (unpaired) electrons. The van der Waals surface area contributed by atoms with Gasteiger partial charge < -0.3 is 5.32 Å². The first kappa shape index (κ1) is 20.0. The van der Waals surface area contributed by atoms with Crippen LogP contribution in [-0.4, -0.2) is 33.7 Å². The van der Waals surface area contributed by atoms with E-state index in [1.54, 1.807) is 12.1 Å². The van der Waals surface area contributed by atoms with E-state index < -0.39 is 10.0 Å². The summed E-state index contributed by atoms with van der Waals surface area (Å²) in [6.07, 6.45) is 1.98. The summed E-state index contributed by atoms with van der Waals surface area (Å²) >= 11 is 0. The molecule has 0 saturated heterocycles. The molecule has 0 spiro atoms. The van der Waals surface area contributed by atoms with E-state index in [4.69, 9.17) is 0 Å². The number of benzene rings is 2. The summed E-state index contributed by atoms with van der Waals surface area (Å²) in [7, 11) is -3.55. The van der Waals surface area contributed by atoms with E-state index >= 15 is 0 Å². The predicted molar refractivity (Wildman–Crippen MR) is 106 cm³/mol. The Balaban J connectivity index is 2.02. The molecule has 0 heterocycles. The molecule has 0 saturated carbocycles. The van der Waals surface area contributed by atoms with Crippen molar-refractivity contribution in [1.29, 1.82) is 0 Å². The SMILES string of the molecule is CCc1ccc(N(CC(=O)NC[C@@H](C)c2ccccc2)S(C)(=O)=O)cc1. The number of nitrogens with zero attached hydrogens (tertiary/aromatic N) is 1. The molecular formula is C20H26N2O3S. The Morgan fingerprint density at radius 2 is 1.69 bits per heavy atom. The zero-order valence-corrected chi connectivity index (χ0v) is 16.3. The largest absolute Gasteiger partial charge is 0.354 e. The van der Waals surface area contributed by atoms with E-state index in [2.05, 4.69) is 5.32 Å². The minimum absolute atomic E-state index is 0.149. The van der Waals surface area contributed by atoms with Crippen molar-refractivity contribution in [2.75, 3.05) is 23.7 Å². The number of carbonyl (C=O) groups excluding carboxylic acids is 1. The number of nitrogens with one attached hydrogen (secondary N) is 1. The molecule has 2 rings (SSSR count). The van der Waals surface area contributed by atoms with Crippen LogP contribution in [0.3, 0.4) is 0 Å². The van der Waals surface area contributed by atoms with Crippen LogP contribution in [0.5, 0.6) is 0 Å². The van der Waals surface area contributed by atoms with Crippen molar-refractivity contribution < 1.29 is 13.2 Å². The Labute approximate surface area is 156 Å². The van der Waals surface area contributed by atoms with Gasteiger partial charge in [-0.25, -0.2) is 8.42 Å². The fraction of sp³-hybridized carbons (Fsp3) is 0.350. The second-order valence-electron chi connectivity index (χ2n) is 6.41. The average Bonchev–Trinajstić information content (AvgIpc) is 2.64. The lowest BCUT2D eigenvalue weighted by atomic mass is 10.0. The highest BCUT2D eigenvalue weighted by molar-refractivity contribution is 7.92. The molecule has 140 valence electrons. The number of hydrogen-bond acceptors (Lipinski definition) is 3. The molecule has 0 aliphatic rings. The lowest BCUT2D eigenvalue weighted by Gasteiger charge is -2.22. The van der Waals surface area contributed by atoms with Gasteiger partial charge in [-0.3, -0.25) is 9.10 Å². The van der Waals surface area contributed by atoms with Crippen LogP contribution in [0, 0.1) is 0 Å². The van der Waals surface area contributed by atoms with Gasteiger partial charge in [0.15, 0.2) is 0 Å². The molecule has 1 N–H and O–H groups in total. The van der Waals surface area contributed by atoms with E-state index in [9.17, 15) is 13.2 Å². The van der Waals surface area contributed by atoms with Crippen molar-refractivity contribution in [2.24, 2.45) is 0 Å². The van der Waals surface area contributed by atoms with Gasteiger partial charge in [-0.05, 0) is 35.6 Å². The molecular weight excluding hydrogens is 348 g/mol. The van der Waals surface area contributed by atoms with E-state index in [0.29, 0.717) is 12.2 Å². The minimum Gasteiger partial charge on any atom is -0.354 e. The van der Waals surface area contributed by atoms with Gasteiger partial charge in [-0.1, -0.05) is 56.3 Å². The molecule has 2 aromatic carbocycles. The van der Waals surface area contributed by atoms with Gasteiger partial charge >= 0.3 is 0 Å². The third-order valence-electron chi connectivity index (χ3n) is 4.29. The third kappa shape index (κ3) is 5.59. The molecule has 0 aliphatic carbocycles. The Kier molecular flexibility index (Phi) is 6.80. The highest BCUT2D eigenvalue weighted by Crippen LogP contribution is 2.18. The standard InChI is InChI=1S/C20H26N2O3S/c1-4-17-10-12-19(13-11-17)22(26(3,24)25)15-20(23)21-14-16(2)18-8-6-5-7-9-18/h5-13,16H,4,14-15H2,1-3H3,(H,21,23)/t16-/m1/s1. The number of anilines is 1. The monoisotopic (exact) mass is 374 g/mol. The molecule has 0 fully saturated rings. The minimum atomic E-state index is -3.55. The molecule has 5 nitrogen and oxygen atoms in total. The number of amides is 1. The highest BCUT2D eigenvalue weighted by atomic mass is 32.2. The normalized spacial score (nSPS) is 12.4. The van der Waals surface area contributed by atoms with E-state index in [0.717, 1.165) is 28.1 Å². The number of aryl methyl sites for hydroxylation is 1. The van der Waals surface area contributed by atoms with Crippen LogP contribution < -0.4 is 9.62 Å². The molecule has 0 aliphatic heterocycles. The molecule has 1 atom stereocenters. The Morgan fingerprint density at radius 3 is 2.23 bits per heavy atom. The molecule has 0 aromatic heterocycles. The quantitative estimate of drug-likeness (QED) is 0.772. The molecule has 0 bridgehead atoms. The van der Waals surface area contributed by atoms with E-state index in [1.807, 2.05) is 56.3 Å². The molecule has 1 amide bonds. The highest BCUT2D eigenvalue weighted by Gasteiger charge is 2.21. The van der Waals surface area contributed by atoms with Crippen LogP contribution in [0.25, 0.3) is 0 Å². The summed E-state index contributed by atoms with van der Waals surface area (Å²) in [5.74, 6) is -0.173. The lowest BCUT2D eigenvalue weighted by molar-refractivity contribution is -0.119. The van der Waals surface area contributed by atoms with Gasteiger partial charge in [-0.15, -0.1) is 0 Å². The smallest absolute Gasteiger partial charge is 0.240 e. The number of sulfonamides is 1. The summed E-state index contributed by atoms with van der Waals surface area (Å²) in [6.45, 7) is 4.28. The summed E-state index contributed by atoms with van der Waals surface area (Å²) in [5, 5.41) is 2.83. The van der Waals surface area contributed by atoms with Gasteiger partial charge in [0, 0.05) is 6.54 Å². The van der Waals surface area contributed by atoms with Crippen LogP contribution >= 0.6 is 0 Å². The van der Waals surface area contributed by atoms with Crippen molar-refractivity contribution >= 4 is 21.6 Å². The zero-order chi connectivity index (χ0) is 19.2. The second kappa shape index (κ2) is 8.85. The fourth-order valence-electron chi connectivity index (χ4n) is 2.65. The summed E-state index contributed by atoms with van der Waals surface area (Å²) in [6, 6.07) is 17.1. The van der Waals surface area contributed by atoms with Crippen LogP contribution in [0.4, 0.5) is 5.69 Å². The summed E-state index contributed by atoms with van der Waals surface area (Å²) < 4.78 is 25.4. The second-order valence-corrected chi connectivity index (χ2v) is 8.31. The number of carbonyl (C=O) groups is 1. The maximum absolute atomic E-state index is 12.3. The molecule has 2 aromatic rings. The predicted octanol–water partition coefficient (Wildman–Crippen LogP) is 2.93. The van der Waals surface area contributed by atoms with Crippen molar-refractivity contribution in [3.05, 3.63) is 65.7 Å². The van der Waals surface area contributed by atoms with Gasteiger partial charge in [0.05, 0.1) is 11.9 Å².